The van der Waals surface area contributed by atoms with E-state index in [0.29, 0.717) is 0 Å². The van der Waals surface area contributed by atoms with Gasteiger partial charge in [0.05, 0.1) is 19.1 Å². The molecule has 0 radical (unpaired) electrons. The molecule has 0 saturated carbocycles. The third kappa shape index (κ3) is 5.08. The van der Waals surface area contributed by atoms with Crippen molar-refractivity contribution in [2.24, 2.45) is 0 Å². The number of hydrogen-bond donors (Lipinski definition) is 4. The molecule has 4 N–H and O–H groups in total. The Labute approximate surface area is 157 Å². The van der Waals surface area contributed by atoms with Crippen LogP contribution in [0.5, 0.6) is 0 Å². The maximum atomic E-state index is 12.8. The van der Waals surface area contributed by atoms with Crippen LogP contribution in [0, 0.1) is 0 Å². The zero-order chi connectivity index (χ0) is 20.2. The molecule has 150 valence electrons. The molecule has 0 aliphatic carbocycles. The van der Waals surface area contributed by atoms with Crippen LogP contribution in [0.1, 0.15) is 20.3 Å². The van der Waals surface area contributed by atoms with E-state index in [2.05, 4.69) is 21.3 Å². The van der Waals surface area contributed by atoms with Gasteiger partial charge in [0.15, 0.2) is 0 Å². The van der Waals surface area contributed by atoms with Gasteiger partial charge in [-0.3, -0.25) is 19.2 Å². The van der Waals surface area contributed by atoms with Crippen LogP contribution in [0.15, 0.2) is 0 Å². The fraction of sp³-hybridized carbons (Fsp3) is 0.688. The first-order valence-electron chi connectivity index (χ1n) is 8.75. The van der Waals surface area contributed by atoms with E-state index in [-0.39, 0.29) is 51.1 Å². The molecule has 2 saturated heterocycles. The van der Waals surface area contributed by atoms with Crippen molar-refractivity contribution in [3.63, 3.8) is 0 Å². The summed E-state index contributed by atoms with van der Waals surface area (Å²) in [4.78, 5) is 63.2. The van der Waals surface area contributed by atoms with Crippen molar-refractivity contribution >= 4 is 29.7 Å². The summed E-state index contributed by atoms with van der Waals surface area (Å²) in [6.45, 7) is 3.31. The van der Waals surface area contributed by atoms with E-state index in [1.165, 1.54) is 16.8 Å². The van der Waals surface area contributed by atoms with Gasteiger partial charge in [-0.25, -0.2) is 4.79 Å². The van der Waals surface area contributed by atoms with Gasteiger partial charge in [-0.1, -0.05) is 0 Å². The first-order chi connectivity index (χ1) is 12.6. The molecule has 2 aliphatic heterocycles. The summed E-state index contributed by atoms with van der Waals surface area (Å²) >= 11 is 0. The Balaban J connectivity index is 2.16. The van der Waals surface area contributed by atoms with Gasteiger partial charge in [-0.2, -0.15) is 0 Å². The molecule has 1 unspecified atom stereocenters. The Kier molecular flexibility index (Phi) is 6.24. The van der Waals surface area contributed by atoms with Crippen LogP contribution in [-0.2, 0) is 19.2 Å². The second-order valence-corrected chi connectivity index (χ2v) is 7.16. The van der Waals surface area contributed by atoms with Crippen LogP contribution in [-0.4, -0.2) is 90.8 Å². The van der Waals surface area contributed by atoms with Gasteiger partial charge >= 0.3 is 6.03 Å². The molecule has 2 bridgehead atoms. The monoisotopic (exact) mass is 382 g/mol. The molecule has 2 fully saturated rings. The molecule has 11 nitrogen and oxygen atoms in total. The molecule has 0 aromatic carbocycles. The Morgan fingerprint density at radius 2 is 1.67 bits per heavy atom. The number of rotatable bonds is 0. The van der Waals surface area contributed by atoms with E-state index in [1.54, 1.807) is 13.8 Å². The largest absolute Gasteiger partial charge is 0.354 e. The molecule has 11 heteroatoms. The lowest BCUT2D eigenvalue weighted by molar-refractivity contribution is -0.142. The van der Waals surface area contributed by atoms with Crippen LogP contribution in [0.3, 0.4) is 0 Å². The highest BCUT2D eigenvalue weighted by Crippen LogP contribution is 2.21. The maximum Gasteiger partial charge on any atom is 0.318 e. The highest BCUT2D eigenvalue weighted by Gasteiger charge is 2.44. The number of fused-ring (bicyclic) bond motifs is 2. The average molecular weight is 382 g/mol. The summed E-state index contributed by atoms with van der Waals surface area (Å²) in [5.74, 6) is -1.60. The zero-order valence-electron chi connectivity index (χ0n) is 15.8. The lowest BCUT2D eigenvalue weighted by atomic mass is 10.0. The fourth-order valence-corrected chi connectivity index (χ4v) is 3.01. The van der Waals surface area contributed by atoms with Crippen LogP contribution in [0.25, 0.3) is 0 Å². The molecule has 0 aromatic rings. The average Bonchev–Trinajstić information content (AvgIpc) is 2.98. The van der Waals surface area contributed by atoms with Crippen LogP contribution >= 0.6 is 0 Å². The van der Waals surface area contributed by atoms with Gasteiger partial charge in [-0.15, -0.1) is 0 Å². The van der Waals surface area contributed by atoms with E-state index in [0.717, 1.165) is 0 Å². The Morgan fingerprint density at radius 3 is 2.37 bits per heavy atom. The Morgan fingerprint density at radius 1 is 0.963 bits per heavy atom. The number of amides is 6. The minimum absolute atomic E-state index is 0.0801. The molecule has 27 heavy (non-hydrogen) atoms. The Hall–Kier alpha value is -2.85. The van der Waals surface area contributed by atoms with Crippen molar-refractivity contribution in [3.8, 4) is 0 Å². The minimum atomic E-state index is -1.18. The number of likely N-dealkylation sites (N-methyl/N-ethyl adjacent to an activating group) is 1. The van der Waals surface area contributed by atoms with Crippen molar-refractivity contribution < 1.29 is 24.0 Å². The smallest absolute Gasteiger partial charge is 0.318 e. The molecule has 0 aromatic heterocycles. The highest BCUT2D eigenvalue weighted by molar-refractivity contribution is 5.94. The normalized spacial score (nSPS) is 25.3. The number of carbonyl (C=O) groups is 5. The highest BCUT2D eigenvalue weighted by atomic mass is 16.2. The third-order valence-electron chi connectivity index (χ3n) is 4.57. The predicted octanol–water partition coefficient (Wildman–Crippen LogP) is -2.63. The summed E-state index contributed by atoms with van der Waals surface area (Å²) < 4.78 is 0. The topological polar surface area (TPSA) is 140 Å². The molecule has 2 rings (SSSR count). The number of urea groups is 1. The van der Waals surface area contributed by atoms with E-state index in [1.807, 2.05) is 0 Å². The van der Waals surface area contributed by atoms with Crippen LogP contribution < -0.4 is 21.3 Å². The van der Waals surface area contributed by atoms with E-state index in [9.17, 15) is 24.0 Å². The van der Waals surface area contributed by atoms with Crippen molar-refractivity contribution in [3.05, 3.63) is 0 Å². The summed E-state index contributed by atoms with van der Waals surface area (Å²) in [6, 6.07) is -0.744. The standard InChI is InChI=1S/C16H26N6O5/c1-16(2)14(26)21(3)9-13(25)19-7-12(24)17-5-4-11(23)18-6-10-8-22(16)15(27)20-10/h10H,4-9H2,1-3H3,(H,17,24)(H,18,23)(H,19,25)(H,20,27). The van der Waals surface area contributed by atoms with Crippen molar-refractivity contribution in [1.29, 1.82) is 0 Å². The molecule has 2 aliphatic rings. The van der Waals surface area contributed by atoms with Gasteiger partial charge in [0, 0.05) is 33.1 Å². The second-order valence-electron chi connectivity index (χ2n) is 7.16. The van der Waals surface area contributed by atoms with E-state index < -0.39 is 29.3 Å². The van der Waals surface area contributed by atoms with Crippen molar-refractivity contribution in [1.82, 2.24) is 31.1 Å². The molecule has 0 spiro atoms. The molecular weight excluding hydrogens is 356 g/mol. The Bertz CT molecular complexity index is 649. The van der Waals surface area contributed by atoms with Crippen LogP contribution in [0.2, 0.25) is 0 Å². The summed E-state index contributed by atoms with van der Waals surface area (Å²) in [7, 11) is 1.46. The molecule has 1 atom stereocenters. The van der Waals surface area contributed by atoms with E-state index in [4.69, 9.17) is 0 Å². The molecule has 2 heterocycles. The van der Waals surface area contributed by atoms with Gasteiger partial charge in [0.2, 0.25) is 23.6 Å². The van der Waals surface area contributed by atoms with Crippen molar-refractivity contribution in [2.75, 3.05) is 39.8 Å². The fourth-order valence-electron chi connectivity index (χ4n) is 3.01. The lowest BCUT2D eigenvalue weighted by Gasteiger charge is -2.36. The third-order valence-corrected chi connectivity index (χ3v) is 4.57. The minimum Gasteiger partial charge on any atom is -0.354 e. The summed E-state index contributed by atoms with van der Waals surface area (Å²) in [5.41, 5.74) is -1.18. The first kappa shape index (κ1) is 20.5. The first-order valence-corrected chi connectivity index (χ1v) is 8.75. The maximum absolute atomic E-state index is 12.8. The quantitative estimate of drug-likeness (QED) is 0.363. The van der Waals surface area contributed by atoms with Gasteiger partial charge in [0.1, 0.15) is 5.54 Å². The van der Waals surface area contributed by atoms with Gasteiger partial charge < -0.3 is 31.1 Å². The van der Waals surface area contributed by atoms with Crippen LogP contribution in [0.4, 0.5) is 4.79 Å². The zero-order valence-corrected chi connectivity index (χ0v) is 15.8. The van der Waals surface area contributed by atoms with E-state index >= 15 is 0 Å². The lowest BCUT2D eigenvalue weighted by Crippen LogP contribution is -2.57. The van der Waals surface area contributed by atoms with Crippen molar-refractivity contribution in [2.45, 2.75) is 31.8 Å². The molecule has 6 amide bonds. The summed E-state index contributed by atoms with van der Waals surface area (Å²) in [5, 5.41) is 10.4. The number of hydrogen-bond acceptors (Lipinski definition) is 5. The SMILES string of the molecule is CN1CC(=O)NCC(=O)NCCC(=O)NCC2CN(C(=O)N2)C(C)(C)C1=O. The van der Waals surface area contributed by atoms with Gasteiger partial charge in [-0.05, 0) is 13.8 Å². The number of nitrogens with zero attached hydrogens (tertiary/aromatic N) is 2. The predicted molar refractivity (Wildman–Crippen MR) is 94.4 cm³/mol. The molecular formula is C16H26N6O5. The van der Waals surface area contributed by atoms with Gasteiger partial charge in [0.25, 0.3) is 0 Å². The second kappa shape index (κ2) is 8.23. The number of nitrogens with one attached hydrogen (secondary N) is 4. The summed E-state index contributed by atoms with van der Waals surface area (Å²) in [6.07, 6.45) is 0.0801. The number of carbonyl (C=O) groups excluding carboxylic acids is 5.